The molecule has 0 spiro atoms. The summed E-state index contributed by atoms with van der Waals surface area (Å²) in [6.07, 6.45) is 1.04. The molecule has 1 unspecified atom stereocenters. The van der Waals surface area contributed by atoms with Crippen molar-refractivity contribution in [3.8, 4) is 0 Å². The molecule has 20 heavy (non-hydrogen) atoms. The maximum Gasteiger partial charge on any atom is 0.0511 e. The van der Waals surface area contributed by atoms with Gasteiger partial charge in [-0.05, 0) is 61.6 Å². The van der Waals surface area contributed by atoms with E-state index in [1.165, 1.54) is 16.8 Å². The molecule has 0 saturated heterocycles. The van der Waals surface area contributed by atoms with Gasteiger partial charge in [-0.3, -0.25) is 0 Å². The first-order chi connectivity index (χ1) is 9.51. The van der Waals surface area contributed by atoms with E-state index in [9.17, 15) is 0 Å². The van der Waals surface area contributed by atoms with Crippen LogP contribution in [0.2, 0.25) is 5.02 Å². The van der Waals surface area contributed by atoms with Crippen LogP contribution in [0, 0.1) is 20.8 Å². The fourth-order valence-corrected chi connectivity index (χ4v) is 2.65. The van der Waals surface area contributed by atoms with Gasteiger partial charge in [0.1, 0.15) is 0 Å². The van der Waals surface area contributed by atoms with Gasteiger partial charge < -0.3 is 5.32 Å². The minimum atomic E-state index is 0.312. The SMILES string of the molecule is CCC(Nc1cccc(C)c1)c1cc(C)c(Cl)c(C)c1. The van der Waals surface area contributed by atoms with Gasteiger partial charge in [0.25, 0.3) is 0 Å². The summed E-state index contributed by atoms with van der Waals surface area (Å²) in [5.41, 5.74) is 6.03. The fraction of sp³-hybridized carbons (Fsp3) is 0.333. The Labute approximate surface area is 127 Å². The number of hydrogen-bond donors (Lipinski definition) is 1. The Morgan fingerprint density at radius 1 is 1.05 bits per heavy atom. The molecule has 0 aromatic heterocycles. The minimum absolute atomic E-state index is 0.312. The molecule has 0 radical (unpaired) electrons. The lowest BCUT2D eigenvalue weighted by Crippen LogP contribution is -2.10. The van der Waals surface area contributed by atoms with Crippen LogP contribution in [0.5, 0.6) is 0 Å². The van der Waals surface area contributed by atoms with Gasteiger partial charge in [0.05, 0.1) is 6.04 Å². The van der Waals surface area contributed by atoms with Crippen molar-refractivity contribution < 1.29 is 0 Å². The quantitative estimate of drug-likeness (QED) is 0.746. The fourth-order valence-electron chi connectivity index (χ4n) is 2.54. The first kappa shape index (κ1) is 14.9. The molecular formula is C18H22ClN. The van der Waals surface area contributed by atoms with Crippen molar-refractivity contribution in [3.63, 3.8) is 0 Å². The molecule has 0 aliphatic rings. The third-order valence-electron chi connectivity index (χ3n) is 3.63. The summed E-state index contributed by atoms with van der Waals surface area (Å²) in [4.78, 5) is 0. The Balaban J connectivity index is 2.29. The van der Waals surface area contributed by atoms with E-state index >= 15 is 0 Å². The molecule has 1 atom stereocenters. The molecule has 2 rings (SSSR count). The van der Waals surface area contributed by atoms with Crippen molar-refractivity contribution in [2.45, 2.75) is 40.2 Å². The maximum atomic E-state index is 6.26. The smallest absolute Gasteiger partial charge is 0.0511 e. The topological polar surface area (TPSA) is 12.0 Å². The van der Waals surface area contributed by atoms with Crippen LogP contribution in [0.1, 0.15) is 41.6 Å². The van der Waals surface area contributed by atoms with Gasteiger partial charge in [-0.25, -0.2) is 0 Å². The van der Waals surface area contributed by atoms with Crippen LogP contribution in [0.15, 0.2) is 36.4 Å². The number of aryl methyl sites for hydroxylation is 3. The molecule has 0 saturated carbocycles. The lowest BCUT2D eigenvalue weighted by molar-refractivity contribution is 0.747. The highest BCUT2D eigenvalue weighted by Crippen LogP contribution is 2.29. The molecule has 1 N–H and O–H groups in total. The molecule has 0 amide bonds. The van der Waals surface area contributed by atoms with Crippen LogP contribution in [-0.2, 0) is 0 Å². The Bertz CT molecular complexity index is 581. The number of halogens is 1. The van der Waals surface area contributed by atoms with E-state index < -0.39 is 0 Å². The Morgan fingerprint density at radius 2 is 1.70 bits per heavy atom. The lowest BCUT2D eigenvalue weighted by atomic mass is 9.99. The normalized spacial score (nSPS) is 12.2. The molecule has 2 aromatic carbocycles. The molecule has 1 nitrogen and oxygen atoms in total. The van der Waals surface area contributed by atoms with Gasteiger partial charge in [0.2, 0.25) is 0 Å². The van der Waals surface area contributed by atoms with Crippen LogP contribution < -0.4 is 5.32 Å². The third kappa shape index (κ3) is 3.34. The van der Waals surface area contributed by atoms with Crippen molar-refractivity contribution in [2.24, 2.45) is 0 Å². The second-order valence-corrected chi connectivity index (χ2v) is 5.82. The van der Waals surface area contributed by atoms with Crippen LogP contribution >= 0.6 is 11.6 Å². The van der Waals surface area contributed by atoms with Gasteiger partial charge >= 0.3 is 0 Å². The zero-order chi connectivity index (χ0) is 14.7. The highest BCUT2D eigenvalue weighted by Gasteiger charge is 2.12. The van der Waals surface area contributed by atoms with Crippen LogP contribution in [0.25, 0.3) is 0 Å². The molecule has 0 bridgehead atoms. The summed E-state index contributed by atoms with van der Waals surface area (Å²) in [6.45, 7) is 8.45. The third-order valence-corrected chi connectivity index (χ3v) is 4.22. The standard InChI is InChI=1S/C18H22ClN/c1-5-17(20-16-8-6-7-12(2)9-16)15-10-13(3)18(19)14(4)11-15/h6-11,17,20H,5H2,1-4H3. The van der Waals surface area contributed by atoms with E-state index in [-0.39, 0.29) is 0 Å². The zero-order valence-electron chi connectivity index (χ0n) is 12.6. The van der Waals surface area contributed by atoms with Gasteiger partial charge in [0.15, 0.2) is 0 Å². The summed E-state index contributed by atoms with van der Waals surface area (Å²) in [5.74, 6) is 0. The number of benzene rings is 2. The van der Waals surface area contributed by atoms with E-state index in [2.05, 4.69) is 69.4 Å². The van der Waals surface area contributed by atoms with Crippen molar-refractivity contribution in [3.05, 3.63) is 63.7 Å². The van der Waals surface area contributed by atoms with Crippen molar-refractivity contribution in [1.82, 2.24) is 0 Å². The Morgan fingerprint density at radius 3 is 2.25 bits per heavy atom. The summed E-state index contributed by atoms with van der Waals surface area (Å²) in [7, 11) is 0. The van der Waals surface area contributed by atoms with Crippen molar-refractivity contribution in [2.75, 3.05) is 5.32 Å². The van der Waals surface area contributed by atoms with E-state index in [1.807, 2.05) is 0 Å². The predicted molar refractivity (Wildman–Crippen MR) is 88.8 cm³/mol. The second-order valence-electron chi connectivity index (χ2n) is 5.44. The highest BCUT2D eigenvalue weighted by atomic mass is 35.5. The number of rotatable bonds is 4. The van der Waals surface area contributed by atoms with Gasteiger partial charge in [-0.15, -0.1) is 0 Å². The molecule has 2 heteroatoms. The molecule has 106 valence electrons. The lowest BCUT2D eigenvalue weighted by Gasteiger charge is -2.21. The Hall–Kier alpha value is -1.47. The zero-order valence-corrected chi connectivity index (χ0v) is 13.4. The van der Waals surface area contributed by atoms with Crippen molar-refractivity contribution in [1.29, 1.82) is 0 Å². The second kappa shape index (κ2) is 6.32. The van der Waals surface area contributed by atoms with Crippen LogP contribution in [0.4, 0.5) is 5.69 Å². The van der Waals surface area contributed by atoms with Gasteiger partial charge in [0, 0.05) is 10.7 Å². The van der Waals surface area contributed by atoms with E-state index in [0.29, 0.717) is 6.04 Å². The molecular weight excluding hydrogens is 266 g/mol. The molecule has 0 heterocycles. The van der Waals surface area contributed by atoms with E-state index in [0.717, 1.165) is 22.6 Å². The first-order valence-electron chi connectivity index (χ1n) is 7.11. The average Bonchev–Trinajstić information content (AvgIpc) is 2.41. The molecule has 2 aromatic rings. The summed E-state index contributed by atoms with van der Waals surface area (Å²) in [6, 6.07) is 13.2. The van der Waals surface area contributed by atoms with Gasteiger partial charge in [-0.1, -0.05) is 42.8 Å². The minimum Gasteiger partial charge on any atom is -0.378 e. The molecule has 0 aliphatic carbocycles. The monoisotopic (exact) mass is 287 g/mol. The van der Waals surface area contributed by atoms with Crippen LogP contribution in [0.3, 0.4) is 0 Å². The summed E-state index contributed by atoms with van der Waals surface area (Å²) in [5, 5.41) is 4.49. The number of hydrogen-bond acceptors (Lipinski definition) is 1. The van der Waals surface area contributed by atoms with E-state index in [4.69, 9.17) is 11.6 Å². The molecule has 0 fully saturated rings. The van der Waals surface area contributed by atoms with Crippen molar-refractivity contribution >= 4 is 17.3 Å². The largest absolute Gasteiger partial charge is 0.378 e. The summed E-state index contributed by atoms with van der Waals surface area (Å²) >= 11 is 6.26. The van der Waals surface area contributed by atoms with Gasteiger partial charge in [-0.2, -0.15) is 0 Å². The number of nitrogens with one attached hydrogen (secondary N) is 1. The Kier molecular flexibility index (Phi) is 4.72. The average molecular weight is 288 g/mol. The molecule has 0 aliphatic heterocycles. The first-order valence-corrected chi connectivity index (χ1v) is 7.49. The highest BCUT2D eigenvalue weighted by molar-refractivity contribution is 6.32. The van der Waals surface area contributed by atoms with E-state index in [1.54, 1.807) is 0 Å². The van der Waals surface area contributed by atoms with Crippen LogP contribution in [-0.4, -0.2) is 0 Å². The predicted octanol–water partition coefficient (Wildman–Crippen LogP) is 5.83. The summed E-state index contributed by atoms with van der Waals surface area (Å²) < 4.78 is 0. The number of anilines is 1. The maximum absolute atomic E-state index is 6.26.